The topological polar surface area (TPSA) is 32.3 Å². The molecule has 116 valence electrons. The molecule has 0 aliphatic heterocycles. The number of nitrogens with zero attached hydrogens (tertiary/aromatic N) is 1. The minimum Gasteiger partial charge on any atom is -0.325 e. The molecule has 1 aliphatic carbocycles. The summed E-state index contributed by atoms with van der Waals surface area (Å²) < 4.78 is 37.0. The predicted molar refractivity (Wildman–Crippen MR) is 74.9 cm³/mol. The van der Waals surface area contributed by atoms with Crippen LogP contribution in [0.25, 0.3) is 0 Å². The largest absolute Gasteiger partial charge is 0.390 e. The first kappa shape index (κ1) is 15.8. The maximum absolute atomic E-state index is 12.3. The Kier molecular flexibility index (Phi) is 5.22. The zero-order valence-electron chi connectivity index (χ0n) is 11.7. The molecule has 1 aliphatic rings. The Morgan fingerprint density at radius 3 is 2.48 bits per heavy atom. The van der Waals surface area contributed by atoms with Crippen LogP contribution in [0.15, 0.2) is 30.3 Å². The number of hydrogen-bond acceptors (Lipinski definition) is 2. The van der Waals surface area contributed by atoms with Crippen LogP contribution >= 0.6 is 0 Å². The number of nitrogens with one attached hydrogen (secondary N) is 1. The number of alkyl halides is 3. The van der Waals surface area contributed by atoms with Gasteiger partial charge in [0.05, 0.1) is 13.0 Å². The fraction of sp³-hybridized carbons (Fsp3) is 0.533. The minimum atomic E-state index is -4.18. The summed E-state index contributed by atoms with van der Waals surface area (Å²) in [6, 6.07) is 8.92. The summed E-state index contributed by atoms with van der Waals surface area (Å²) >= 11 is 0. The van der Waals surface area contributed by atoms with Gasteiger partial charge in [-0.2, -0.15) is 13.2 Å². The van der Waals surface area contributed by atoms with Crippen LogP contribution < -0.4 is 5.32 Å². The van der Waals surface area contributed by atoms with Crippen molar-refractivity contribution in [3.63, 3.8) is 0 Å². The van der Waals surface area contributed by atoms with Gasteiger partial charge in [-0.1, -0.05) is 18.2 Å². The molecule has 0 saturated heterocycles. The minimum absolute atomic E-state index is 0.00146. The second-order valence-electron chi connectivity index (χ2n) is 5.46. The maximum atomic E-state index is 12.3. The Balaban J connectivity index is 1.83. The van der Waals surface area contributed by atoms with E-state index in [1.807, 2.05) is 6.07 Å². The highest BCUT2D eigenvalue weighted by molar-refractivity contribution is 5.92. The van der Waals surface area contributed by atoms with Gasteiger partial charge in [-0.05, 0) is 30.9 Å². The zero-order valence-corrected chi connectivity index (χ0v) is 11.7. The monoisotopic (exact) mass is 300 g/mol. The van der Waals surface area contributed by atoms with E-state index in [0.29, 0.717) is 18.2 Å². The van der Waals surface area contributed by atoms with Gasteiger partial charge in [-0.3, -0.25) is 9.69 Å². The van der Waals surface area contributed by atoms with Crippen LogP contribution in [0.2, 0.25) is 0 Å². The van der Waals surface area contributed by atoms with Crippen LogP contribution in [-0.2, 0) is 4.79 Å². The molecule has 0 bridgehead atoms. The van der Waals surface area contributed by atoms with Gasteiger partial charge in [0, 0.05) is 18.8 Å². The molecule has 0 spiro atoms. The smallest absolute Gasteiger partial charge is 0.325 e. The van der Waals surface area contributed by atoms with Crippen molar-refractivity contribution in [3.8, 4) is 0 Å². The van der Waals surface area contributed by atoms with Gasteiger partial charge in [0.15, 0.2) is 0 Å². The highest BCUT2D eigenvalue weighted by Crippen LogP contribution is 2.30. The summed E-state index contributed by atoms with van der Waals surface area (Å²) in [6.45, 7) is 0.446. The number of para-hydroxylation sites is 1. The van der Waals surface area contributed by atoms with Crippen LogP contribution in [-0.4, -0.2) is 36.6 Å². The summed E-state index contributed by atoms with van der Waals surface area (Å²) in [5.41, 5.74) is 0.657. The SMILES string of the molecule is O=C(CN(CCC(F)(F)F)CC1CC1)Nc1ccccc1. The molecule has 6 heteroatoms. The van der Waals surface area contributed by atoms with Crippen molar-refractivity contribution in [2.24, 2.45) is 5.92 Å². The lowest BCUT2D eigenvalue weighted by atomic mass is 10.3. The first-order valence-corrected chi connectivity index (χ1v) is 7.06. The molecule has 0 radical (unpaired) electrons. The lowest BCUT2D eigenvalue weighted by Crippen LogP contribution is -2.37. The van der Waals surface area contributed by atoms with Crippen LogP contribution in [0.5, 0.6) is 0 Å². The molecule has 1 amide bonds. The van der Waals surface area contributed by atoms with Crippen LogP contribution in [0.4, 0.5) is 18.9 Å². The second kappa shape index (κ2) is 6.93. The van der Waals surface area contributed by atoms with Gasteiger partial charge in [-0.15, -0.1) is 0 Å². The van der Waals surface area contributed by atoms with Crippen molar-refractivity contribution < 1.29 is 18.0 Å². The fourth-order valence-corrected chi connectivity index (χ4v) is 2.11. The van der Waals surface area contributed by atoms with Gasteiger partial charge in [0.2, 0.25) is 5.91 Å². The van der Waals surface area contributed by atoms with Crippen LogP contribution in [0.1, 0.15) is 19.3 Å². The normalized spacial score (nSPS) is 15.2. The van der Waals surface area contributed by atoms with E-state index in [9.17, 15) is 18.0 Å². The average Bonchev–Trinajstić information content (AvgIpc) is 3.20. The Morgan fingerprint density at radius 1 is 1.24 bits per heavy atom. The molecule has 0 atom stereocenters. The Hall–Kier alpha value is -1.56. The number of anilines is 1. The molecule has 2 rings (SSSR count). The average molecular weight is 300 g/mol. The number of halogens is 3. The molecule has 21 heavy (non-hydrogen) atoms. The summed E-state index contributed by atoms with van der Waals surface area (Å²) in [4.78, 5) is 13.5. The molecule has 1 fully saturated rings. The lowest BCUT2D eigenvalue weighted by Gasteiger charge is -2.22. The number of amides is 1. The van der Waals surface area contributed by atoms with E-state index in [1.54, 1.807) is 29.2 Å². The Morgan fingerprint density at radius 2 is 1.90 bits per heavy atom. The predicted octanol–water partition coefficient (Wildman–Crippen LogP) is 3.29. The van der Waals surface area contributed by atoms with Crippen molar-refractivity contribution >= 4 is 11.6 Å². The highest BCUT2D eigenvalue weighted by Gasteiger charge is 2.30. The zero-order chi connectivity index (χ0) is 15.3. The van der Waals surface area contributed by atoms with E-state index in [0.717, 1.165) is 12.8 Å². The van der Waals surface area contributed by atoms with Crippen molar-refractivity contribution in [1.29, 1.82) is 0 Å². The molecule has 1 saturated carbocycles. The lowest BCUT2D eigenvalue weighted by molar-refractivity contribution is -0.139. The summed E-state index contributed by atoms with van der Waals surface area (Å²) in [5, 5.41) is 2.70. The molecule has 1 N–H and O–H groups in total. The van der Waals surface area contributed by atoms with Gasteiger partial charge >= 0.3 is 6.18 Å². The van der Waals surface area contributed by atoms with Gasteiger partial charge < -0.3 is 5.32 Å². The molecule has 3 nitrogen and oxygen atoms in total. The van der Waals surface area contributed by atoms with E-state index in [-0.39, 0.29) is 19.0 Å². The van der Waals surface area contributed by atoms with Crippen molar-refractivity contribution in [3.05, 3.63) is 30.3 Å². The maximum Gasteiger partial charge on any atom is 0.390 e. The Bertz CT molecular complexity index is 458. The first-order chi connectivity index (χ1) is 9.92. The standard InChI is InChI=1S/C15H19F3N2O/c16-15(17,18)8-9-20(10-12-6-7-12)11-14(21)19-13-4-2-1-3-5-13/h1-5,12H,6-11H2,(H,19,21). The van der Waals surface area contributed by atoms with Gasteiger partial charge in [0.1, 0.15) is 0 Å². The second-order valence-corrected chi connectivity index (χ2v) is 5.46. The molecular weight excluding hydrogens is 281 g/mol. The summed E-state index contributed by atoms with van der Waals surface area (Å²) in [6.07, 6.45) is -2.97. The van der Waals surface area contributed by atoms with Crippen LogP contribution in [0.3, 0.4) is 0 Å². The third-order valence-corrected chi connectivity index (χ3v) is 3.35. The number of rotatable bonds is 7. The number of carbonyl (C=O) groups is 1. The Labute approximate surface area is 122 Å². The summed E-state index contributed by atoms with van der Waals surface area (Å²) in [5.74, 6) is 0.173. The van der Waals surface area contributed by atoms with Gasteiger partial charge in [-0.25, -0.2) is 0 Å². The van der Waals surface area contributed by atoms with E-state index in [2.05, 4.69) is 5.32 Å². The van der Waals surface area contributed by atoms with Crippen molar-refractivity contribution in [1.82, 2.24) is 4.90 Å². The molecule has 1 aromatic rings. The van der Waals surface area contributed by atoms with E-state index < -0.39 is 12.6 Å². The first-order valence-electron chi connectivity index (χ1n) is 7.06. The number of hydrogen-bond donors (Lipinski definition) is 1. The van der Waals surface area contributed by atoms with E-state index in [4.69, 9.17) is 0 Å². The number of benzene rings is 1. The molecule has 0 heterocycles. The third-order valence-electron chi connectivity index (χ3n) is 3.35. The molecule has 0 unspecified atom stereocenters. The molecular formula is C15H19F3N2O. The summed E-state index contributed by atoms with van der Waals surface area (Å²) in [7, 11) is 0. The fourth-order valence-electron chi connectivity index (χ4n) is 2.11. The number of carbonyl (C=O) groups excluding carboxylic acids is 1. The third kappa shape index (κ3) is 6.62. The van der Waals surface area contributed by atoms with Crippen molar-refractivity contribution in [2.75, 3.05) is 25.0 Å². The van der Waals surface area contributed by atoms with Crippen molar-refractivity contribution in [2.45, 2.75) is 25.4 Å². The van der Waals surface area contributed by atoms with Crippen LogP contribution in [0, 0.1) is 5.92 Å². The molecule has 1 aromatic carbocycles. The van der Waals surface area contributed by atoms with E-state index in [1.165, 1.54) is 0 Å². The highest BCUT2D eigenvalue weighted by atomic mass is 19.4. The quantitative estimate of drug-likeness (QED) is 0.838. The van der Waals surface area contributed by atoms with Gasteiger partial charge in [0.25, 0.3) is 0 Å². The van der Waals surface area contributed by atoms with E-state index >= 15 is 0 Å². The molecule has 0 aromatic heterocycles.